The van der Waals surface area contributed by atoms with Crippen molar-refractivity contribution < 1.29 is 13.7 Å². The molecule has 0 aliphatic carbocycles. The zero-order chi connectivity index (χ0) is 14.5. The number of benzene rings is 1. The van der Waals surface area contributed by atoms with Crippen LogP contribution in [0.2, 0.25) is 0 Å². The molecule has 6 heteroatoms. The SMILES string of the molecule is Cc1cc(CSCC(=O)Nc2ccc(C)c(F)c2)on1. The second kappa shape index (κ2) is 6.56. The molecule has 0 radical (unpaired) electrons. The average molecular weight is 294 g/mol. The maximum absolute atomic E-state index is 13.3. The van der Waals surface area contributed by atoms with E-state index in [2.05, 4.69) is 10.5 Å². The van der Waals surface area contributed by atoms with Crippen LogP contribution in [0.3, 0.4) is 0 Å². The highest BCUT2D eigenvalue weighted by Gasteiger charge is 2.06. The number of halogens is 1. The monoisotopic (exact) mass is 294 g/mol. The van der Waals surface area contributed by atoms with E-state index in [1.54, 1.807) is 19.1 Å². The summed E-state index contributed by atoms with van der Waals surface area (Å²) in [5.74, 6) is 1.09. The van der Waals surface area contributed by atoms with Crippen LogP contribution in [0, 0.1) is 19.7 Å². The molecule has 0 fully saturated rings. The zero-order valence-electron chi connectivity index (χ0n) is 11.3. The van der Waals surface area contributed by atoms with Gasteiger partial charge in [0.25, 0.3) is 0 Å². The highest BCUT2D eigenvalue weighted by molar-refractivity contribution is 7.99. The molecule has 1 aromatic carbocycles. The van der Waals surface area contributed by atoms with Crippen LogP contribution in [0.5, 0.6) is 0 Å². The van der Waals surface area contributed by atoms with Crippen molar-refractivity contribution in [3.63, 3.8) is 0 Å². The summed E-state index contributed by atoms with van der Waals surface area (Å²) in [5, 5.41) is 6.42. The Balaban J connectivity index is 1.79. The number of hydrogen-bond donors (Lipinski definition) is 1. The minimum Gasteiger partial charge on any atom is -0.360 e. The van der Waals surface area contributed by atoms with Gasteiger partial charge in [-0.25, -0.2) is 4.39 Å². The molecule has 0 saturated carbocycles. The third kappa shape index (κ3) is 4.09. The first-order chi connectivity index (χ1) is 9.54. The van der Waals surface area contributed by atoms with Crippen LogP contribution in [-0.4, -0.2) is 16.8 Å². The molecule has 0 bridgehead atoms. The first-order valence-corrected chi connectivity index (χ1v) is 7.26. The summed E-state index contributed by atoms with van der Waals surface area (Å²) < 4.78 is 18.4. The van der Waals surface area contributed by atoms with E-state index < -0.39 is 0 Å². The molecule has 1 aromatic heterocycles. The number of amides is 1. The third-order valence-electron chi connectivity index (χ3n) is 2.61. The van der Waals surface area contributed by atoms with Crippen molar-refractivity contribution in [2.24, 2.45) is 0 Å². The van der Waals surface area contributed by atoms with Gasteiger partial charge in [0, 0.05) is 11.8 Å². The molecule has 2 aromatic rings. The number of rotatable bonds is 5. The summed E-state index contributed by atoms with van der Waals surface area (Å²) >= 11 is 1.41. The first-order valence-electron chi connectivity index (χ1n) is 6.10. The molecule has 1 amide bonds. The van der Waals surface area contributed by atoms with Crippen LogP contribution in [-0.2, 0) is 10.5 Å². The molecule has 0 unspecified atom stereocenters. The van der Waals surface area contributed by atoms with Crippen molar-refractivity contribution in [2.45, 2.75) is 19.6 Å². The lowest BCUT2D eigenvalue weighted by molar-refractivity contribution is -0.113. The van der Waals surface area contributed by atoms with Gasteiger partial charge in [-0.05, 0) is 31.5 Å². The van der Waals surface area contributed by atoms with Gasteiger partial charge in [-0.15, -0.1) is 11.8 Å². The molecule has 2 rings (SSSR count). The lowest BCUT2D eigenvalue weighted by Crippen LogP contribution is -2.14. The molecule has 0 spiro atoms. The molecule has 1 N–H and O–H groups in total. The largest absolute Gasteiger partial charge is 0.360 e. The Hall–Kier alpha value is -1.82. The topological polar surface area (TPSA) is 55.1 Å². The molecule has 0 aliphatic rings. The number of aromatic nitrogens is 1. The normalized spacial score (nSPS) is 10.6. The van der Waals surface area contributed by atoms with E-state index in [1.807, 2.05) is 13.0 Å². The van der Waals surface area contributed by atoms with E-state index in [-0.39, 0.29) is 17.5 Å². The predicted octanol–water partition coefficient (Wildman–Crippen LogP) is 3.30. The van der Waals surface area contributed by atoms with E-state index in [0.29, 0.717) is 17.0 Å². The van der Waals surface area contributed by atoms with Gasteiger partial charge in [0.1, 0.15) is 11.6 Å². The fourth-order valence-corrected chi connectivity index (χ4v) is 2.29. The van der Waals surface area contributed by atoms with Gasteiger partial charge in [-0.2, -0.15) is 0 Å². The van der Waals surface area contributed by atoms with E-state index >= 15 is 0 Å². The number of nitrogens with zero attached hydrogens (tertiary/aromatic N) is 1. The van der Waals surface area contributed by atoms with Gasteiger partial charge >= 0.3 is 0 Å². The number of hydrogen-bond acceptors (Lipinski definition) is 4. The minimum atomic E-state index is -0.326. The zero-order valence-corrected chi connectivity index (χ0v) is 12.1. The molecule has 0 aliphatic heterocycles. The van der Waals surface area contributed by atoms with Gasteiger partial charge < -0.3 is 9.84 Å². The summed E-state index contributed by atoms with van der Waals surface area (Å²) in [6, 6.07) is 6.47. The van der Waals surface area contributed by atoms with Gasteiger partial charge in [-0.3, -0.25) is 4.79 Å². The van der Waals surface area contributed by atoms with E-state index in [4.69, 9.17) is 4.52 Å². The van der Waals surface area contributed by atoms with Gasteiger partial charge in [0.05, 0.1) is 17.2 Å². The van der Waals surface area contributed by atoms with Crippen LogP contribution in [0.25, 0.3) is 0 Å². The van der Waals surface area contributed by atoms with Crippen LogP contribution >= 0.6 is 11.8 Å². The number of carbonyl (C=O) groups is 1. The van der Waals surface area contributed by atoms with Crippen molar-refractivity contribution in [1.29, 1.82) is 0 Å². The average Bonchev–Trinajstić information content (AvgIpc) is 2.80. The van der Waals surface area contributed by atoms with Crippen molar-refractivity contribution in [1.82, 2.24) is 5.16 Å². The first kappa shape index (κ1) is 14.6. The van der Waals surface area contributed by atoms with Gasteiger partial charge in [0.2, 0.25) is 5.91 Å². The highest BCUT2D eigenvalue weighted by atomic mass is 32.2. The van der Waals surface area contributed by atoms with Gasteiger partial charge in [0.15, 0.2) is 0 Å². The van der Waals surface area contributed by atoms with E-state index in [1.165, 1.54) is 17.8 Å². The Bertz CT molecular complexity index is 613. The Kier molecular flexibility index (Phi) is 4.79. The second-order valence-electron chi connectivity index (χ2n) is 4.44. The Morgan fingerprint density at radius 2 is 2.20 bits per heavy atom. The van der Waals surface area contributed by atoms with E-state index in [0.717, 1.165) is 11.5 Å². The summed E-state index contributed by atoms with van der Waals surface area (Å²) in [4.78, 5) is 11.7. The number of thioether (sulfide) groups is 1. The summed E-state index contributed by atoms with van der Waals surface area (Å²) in [5.41, 5.74) is 1.84. The van der Waals surface area contributed by atoms with Gasteiger partial charge in [-0.1, -0.05) is 11.2 Å². The van der Waals surface area contributed by atoms with Crippen molar-refractivity contribution in [3.05, 3.63) is 47.1 Å². The Morgan fingerprint density at radius 3 is 2.85 bits per heavy atom. The molecule has 4 nitrogen and oxygen atoms in total. The summed E-state index contributed by atoms with van der Waals surface area (Å²) in [7, 11) is 0. The Morgan fingerprint density at radius 1 is 1.40 bits per heavy atom. The number of nitrogens with one attached hydrogen (secondary N) is 1. The predicted molar refractivity (Wildman–Crippen MR) is 77.2 cm³/mol. The second-order valence-corrected chi connectivity index (χ2v) is 5.43. The lowest BCUT2D eigenvalue weighted by atomic mass is 10.2. The molecular weight excluding hydrogens is 279 g/mol. The number of carbonyl (C=O) groups excluding carboxylic acids is 1. The van der Waals surface area contributed by atoms with Crippen LogP contribution in [0.1, 0.15) is 17.0 Å². The summed E-state index contributed by atoms with van der Waals surface area (Å²) in [6.45, 7) is 3.52. The van der Waals surface area contributed by atoms with Crippen molar-refractivity contribution in [3.8, 4) is 0 Å². The molecule has 1 heterocycles. The fraction of sp³-hybridized carbons (Fsp3) is 0.286. The molecule has 106 valence electrons. The number of anilines is 1. The van der Waals surface area contributed by atoms with Crippen molar-refractivity contribution >= 4 is 23.4 Å². The third-order valence-corrected chi connectivity index (χ3v) is 3.56. The number of aryl methyl sites for hydroxylation is 2. The molecular formula is C14H15FN2O2S. The maximum Gasteiger partial charge on any atom is 0.234 e. The van der Waals surface area contributed by atoms with E-state index in [9.17, 15) is 9.18 Å². The van der Waals surface area contributed by atoms with Crippen LogP contribution in [0.4, 0.5) is 10.1 Å². The smallest absolute Gasteiger partial charge is 0.234 e. The molecule has 20 heavy (non-hydrogen) atoms. The standard InChI is InChI=1S/C14H15FN2O2S/c1-9-3-4-11(6-13(9)15)16-14(18)8-20-7-12-5-10(2)17-19-12/h3-6H,7-8H2,1-2H3,(H,16,18). The quantitative estimate of drug-likeness (QED) is 0.919. The molecule has 0 atom stereocenters. The maximum atomic E-state index is 13.3. The minimum absolute atomic E-state index is 0.172. The van der Waals surface area contributed by atoms with Crippen LogP contribution in [0.15, 0.2) is 28.8 Å². The van der Waals surface area contributed by atoms with Crippen LogP contribution < -0.4 is 5.32 Å². The highest BCUT2D eigenvalue weighted by Crippen LogP contribution is 2.16. The summed E-state index contributed by atoms with van der Waals surface area (Å²) in [6.07, 6.45) is 0. The fourth-order valence-electron chi connectivity index (χ4n) is 1.60. The van der Waals surface area contributed by atoms with Crippen molar-refractivity contribution in [2.75, 3.05) is 11.1 Å². The lowest BCUT2D eigenvalue weighted by Gasteiger charge is -2.05. The Labute approximate surface area is 120 Å². The molecule has 0 saturated heterocycles.